The van der Waals surface area contributed by atoms with Crippen molar-refractivity contribution in [2.45, 2.75) is 66.0 Å². The summed E-state index contributed by atoms with van der Waals surface area (Å²) in [6.07, 6.45) is 4.37. The monoisotopic (exact) mass is 239 g/mol. The van der Waals surface area contributed by atoms with E-state index in [2.05, 4.69) is 38.0 Å². The first kappa shape index (κ1) is 14.2. The summed E-state index contributed by atoms with van der Waals surface area (Å²) >= 11 is 0. The zero-order valence-electron chi connectivity index (χ0n) is 11.7. The average Bonchev–Trinajstić information content (AvgIpc) is 2.63. The molecule has 1 heterocycles. The predicted octanol–water partition coefficient (Wildman–Crippen LogP) is 2.72. The van der Waals surface area contributed by atoms with Crippen LogP contribution in [-0.4, -0.2) is 20.1 Å². The molecule has 17 heavy (non-hydrogen) atoms. The van der Waals surface area contributed by atoms with Crippen molar-refractivity contribution in [1.29, 1.82) is 0 Å². The fraction of sp³-hybridized carbons (Fsp3) is 0.846. The van der Waals surface area contributed by atoms with Crippen molar-refractivity contribution in [1.82, 2.24) is 15.0 Å². The Morgan fingerprint density at radius 2 is 1.88 bits per heavy atom. The molecule has 0 fully saturated rings. The Morgan fingerprint density at radius 3 is 2.41 bits per heavy atom. The van der Waals surface area contributed by atoms with E-state index in [9.17, 15) is 5.11 Å². The number of aliphatic hydroxyl groups is 1. The van der Waals surface area contributed by atoms with Crippen LogP contribution in [0.4, 0.5) is 0 Å². The Hall–Kier alpha value is -0.900. The molecule has 1 atom stereocenters. The first-order chi connectivity index (χ1) is 7.76. The van der Waals surface area contributed by atoms with Gasteiger partial charge in [0.05, 0.1) is 11.9 Å². The van der Waals surface area contributed by atoms with Crippen molar-refractivity contribution >= 4 is 0 Å². The van der Waals surface area contributed by atoms with Crippen LogP contribution in [0.3, 0.4) is 0 Å². The van der Waals surface area contributed by atoms with Gasteiger partial charge in [0.1, 0.15) is 5.60 Å². The third-order valence-corrected chi connectivity index (χ3v) is 2.97. The van der Waals surface area contributed by atoms with Gasteiger partial charge in [0.15, 0.2) is 0 Å². The highest BCUT2D eigenvalue weighted by Gasteiger charge is 2.29. The predicted molar refractivity (Wildman–Crippen MR) is 68.6 cm³/mol. The number of hydrogen-bond donors (Lipinski definition) is 1. The van der Waals surface area contributed by atoms with E-state index in [1.165, 1.54) is 0 Å². The van der Waals surface area contributed by atoms with Gasteiger partial charge in [0.25, 0.3) is 0 Å². The van der Waals surface area contributed by atoms with Crippen molar-refractivity contribution in [3.05, 3.63) is 11.9 Å². The van der Waals surface area contributed by atoms with Gasteiger partial charge in [-0.1, -0.05) is 32.9 Å². The number of hydrogen-bond acceptors (Lipinski definition) is 3. The molecule has 1 aromatic rings. The van der Waals surface area contributed by atoms with Crippen molar-refractivity contribution in [2.24, 2.45) is 5.41 Å². The van der Waals surface area contributed by atoms with Gasteiger partial charge < -0.3 is 5.11 Å². The van der Waals surface area contributed by atoms with Gasteiger partial charge in [-0.25, -0.2) is 4.68 Å². The van der Waals surface area contributed by atoms with Crippen LogP contribution in [0.2, 0.25) is 0 Å². The molecule has 0 aliphatic carbocycles. The molecule has 1 unspecified atom stereocenters. The lowest BCUT2D eigenvalue weighted by Crippen LogP contribution is -2.27. The minimum atomic E-state index is -0.841. The molecule has 0 saturated carbocycles. The molecule has 0 spiro atoms. The summed E-state index contributed by atoms with van der Waals surface area (Å²) in [4.78, 5) is 0. The van der Waals surface area contributed by atoms with Gasteiger partial charge in [0.2, 0.25) is 0 Å². The molecular formula is C13H25N3O. The summed E-state index contributed by atoms with van der Waals surface area (Å²) in [5.74, 6) is 0. The van der Waals surface area contributed by atoms with E-state index in [1.807, 2.05) is 11.6 Å². The third-order valence-electron chi connectivity index (χ3n) is 2.97. The largest absolute Gasteiger partial charge is 0.384 e. The number of nitrogens with zero attached hydrogens (tertiary/aromatic N) is 3. The van der Waals surface area contributed by atoms with Crippen LogP contribution in [0, 0.1) is 5.41 Å². The molecule has 0 amide bonds. The molecule has 0 aliphatic rings. The highest BCUT2D eigenvalue weighted by Crippen LogP contribution is 2.31. The second-order valence-corrected chi connectivity index (χ2v) is 6.18. The first-order valence-corrected chi connectivity index (χ1v) is 6.37. The fourth-order valence-corrected chi connectivity index (χ4v) is 1.80. The lowest BCUT2D eigenvalue weighted by Gasteiger charge is -2.27. The normalized spacial score (nSPS) is 15.9. The molecule has 98 valence electrons. The molecule has 1 aromatic heterocycles. The Bertz CT molecular complexity index is 350. The highest BCUT2D eigenvalue weighted by atomic mass is 16.3. The molecule has 0 aliphatic heterocycles. The molecule has 0 bridgehead atoms. The van der Waals surface area contributed by atoms with Crippen molar-refractivity contribution in [3.8, 4) is 0 Å². The van der Waals surface area contributed by atoms with Crippen molar-refractivity contribution in [2.75, 3.05) is 0 Å². The average molecular weight is 239 g/mol. The Kier molecular flexibility index (Phi) is 4.31. The molecule has 4 heteroatoms. The minimum absolute atomic E-state index is 0.229. The van der Waals surface area contributed by atoms with E-state index < -0.39 is 5.60 Å². The summed E-state index contributed by atoms with van der Waals surface area (Å²) in [6.45, 7) is 11.3. The van der Waals surface area contributed by atoms with E-state index in [4.69, 9.17) is 0 Å². The van der Waals surface area contributed by atoms with Gasteiger partial charge in [0, 0.05) is 6.54 Å². The SMILES string of the molecule is CCCn1nncc1C(C)(O)CCC(C)(C)C. The van der Waals surface area contributed by atoms with Crippen LogP contribution in [-0.2, 0) is 12.1 Å². The van der Waals surface area contributed by atoms with Crippen molar-refractivity contribution in [3.63, 3.8) is 0 Å². The van der Waals surface area contributed by atoms with E-state index in [0.717, 1.165) is 31.5 Å². The van der Waals surface area contributed by atoms with Crippen LogP contribution in [0.5, 0.6) is 0 Å². The first-order valence-electron chi connectivity index (χ1n) is 6.37. The molecule has 1 rings (SSSR count). The molecule has 0 radical (unpaired) electrons. The quantitative estimate of drug-likeness (QED) is 0.859. The molecular weight excluding hydrogens is 214 g/mol. The topological polar surface area (TPSA) is 50.9 Å². The summed E-state index contributed by atoms with van der Waals surface area (Å²) in [5, 5.41) is 18.5. The Labute approximate surface area is 104 Å². The van der Waals surface area contributed by atoms with Crippen LogP contribution in [0.1, 0.15) is 59.6 Å². The summed E-state index contributed by atoms with van der Waals surface area (Å²) in [7, 11) is 0. The maximum absolute atomic E-state index is 10.5. The van der Waals surface area contributed by atoms with Crippen molar-refractivity contribution < 1.29 is 5.11 Å². The van der Waals surface area contributed by atoms with E-state index in [0.29, 0.717) is 0 Å². The van der Waals surface area contributed by atoms with Gasteiger partial charge >= 0.3 is 0 Å². The maximum atomic E-state index is 10.5. The zero-order chi connectivity index (χ0) is 13.1. The Morgan fingerprint density at radius 1 is 1.24 bits per heavy atom. The van der Waals surface area contributed by atoms with E-state index in [1.54, 1.807) is 6.20 Å². The highest BCUT2D eigenvalue weighted by molar-refractivity contribution is 5.06. The summed E-state index contributed by atoms with van der Waals surface area (Å²) in [5.41, 5.74) is 0.211. The van der Waals surface area contributed by atoms with Gasteiger partial charge in [-0.3, -0.25) is 0 Å². The van der Waals surface area contributed by atoms with Crippen LogP contribution in [0.15, 0.2) is 6.20 Å². The second-order valence-electron chi connectivity index (χ2n) is 6.18. The van der Waals surface area contributed by atoms with Crippen LogP contribution >= 0.6 is 0 Å². The molecule has 0 saturated heterocycles. The number of aryl methyl sites for hydroxylation is 1. The zero-order valence-corrected chi connectivity index (χ0v) is 11.7. The summed E-state index contributed by atoms with van der Waals surface area (Å²) < 4.78 is 1.81. The summed E-state index contributed by atoms with van der Waals surface area (Å²) in [6, 6.07) is 0. The van der Waals surface area contributed by atoms with Crippen LogP contribution < -0.4 is 0 Å². The fourth-order valence-electron chi connectivity index (χ4n) is 1.80. The Balaban J connectivity index is 2.77. The standard InChI is InChI=1S/C13H25N3O/c1-6-9-16-11(10-14-15-16)13(5,17)8-7-12(2,3)4/h10,17H,6-9H2,1-5H3. The molecule has 0 aromatic carbocycles. The van der Waals surface area contributed by atoms with Gasteiger partial charge in [-0.05, 0) is 31.6 Å². The lowest BCUT2D eigenvalue weighted by molar-refractivity contribution is 0.0269. The smallest absolute Gasteiger partial charge is 0.105 e. The lowest BCUT2D eigenvalue weighted by atomic mass is 9.84. The van der Waals surface area contributed by atoms with E-state index in [-0.39, 0.29) is 5.41 Å². The molecule has 1 N–H and O–H groups in total. The number of rotatable bonds is 5. The number of aromatic nitrogens is 3. The van der Waals surface area contributed by atoms with Gasteiger partial charge in [-0.15, -0.1) is 5.10 Å². The second kappa shape index (κ2) is 5.17. The minimum Gasteiger partial charge on any atom is -0.384 e. The van der Waals surface area contributed by atoms with Crippen LogP contribution in [0.25, 0.3) is 0 Å². The van der Waals surface area contributed by atoms with E-state index >= 15 is 0 Å². The van der Waals surface area contributed by atoms with Gasteiger partial charge in [-0.2, -0.15) is 0 Å². The third kappa shape index (κ3) is 4.11. The maximum Gasteiger partial charge on any atom is 0.105 e. The molecule has 4 nitrogen and oxygen atoms in total.